The van der Waals surface area contributed by atoms with Crippen molar-refractivity contribution in [3.63, 3.8) is 0 Å². The van der Waals surface area contributed by atoms with Crippen molar-refractivity contribution in [3.05, 3.63) is 69.1 Å². The van der Waals surface area contributed by atoms with E-state index in [0.717, 1.165) is 11.3 Å². The summed E-state index contributed by atoms with van der Waals surface area (Å²) in [7, 11) is 0. The first-order chi connectivity index (χ1) is 12.6. The lowest BCUT2D eigenvalue weighted by atomic mass is 9.72. The molecule has 0 radical (unpaired) electrons. The highest BCUT2D eigenvalue weighted by Crippen LogP contribution is 2.53. The Bertz CT molecular complexity index is 1030. The molecule has 132 valence electrons. The number of rotatable bonds is 2. The average Bonchev–Trinajstić information content (AvgIpc) is 2.98. The minimum absolute atomic E-state index is 0.0357. The van der Waals surface area contributed by atoms with Crippen molar-refractivity contribution >= 4 is 5.69 Å². The summed E-state index contributed by atoms with van der Waals surface area (Å²) in [6, 6.07) is 11.0. The molecular weight excluding hydrogens is 334 g/mol. The maximum absolute atomic E-state index is 12.5. The molecule has 2 aromatic rings. The van der Waals surface area contributed by atoms with Crippen LogP contribution in [0.2, 0.25) is 0 Å². The highest BCUT2D eigenvalue weighted by Gasteiger charge is 2.54. The van der Waals surface area contributed by atoms with Crippen LogP contribution >= 0.6 is 0 Å². The molecule has 1 unspecified atom stereocenters. The van der Waals surface area contributed by atoms with Crippen LogP contribution in [-0.4, -0.2) is 18.2 Å². The van der Waals surface area contributed by atoms with Gasteiger partial charge in [-0.1, -0.05) is 18.2 Å². The second-order valence-electron chi connectivity index (χ2n) is 6.28. The maximum Gasteiger partial charge on any atom is 0.228 e. The zero-order chi connectivity index (χ0) is 18.5. The van der Waals surface area contributed by atoms with Gasteiger partial charge in [0.05, 0.1) is 0 Å². The summed E-state index contributed by atoms with van der Waals surface area (Å²) >= 11 is 0. The summed E-state index contributed by atoms with van der Waals surface area (Å²) in [5, 5.41) is 19.3. The minimum Gasteiger partial charge on any atom is -0.458 e. The van der Waals surface area contributed by atoms with Crippen LogP contribution in [0.5, 0.6) is 5.75 Å². The van der Waals surface area contributed by atoms with E-state index in [0.29, 0.717) is 13.1 Å². The largest absolute Gasteiger partial charge is 0.458 e. The van der Waals surface area contributed by atoms with E-state index in [9.17, 15) is 15.2 Å². The number of benzene rings is 1. The number of ether oxygens (including phenoxy) is 1. The van der Waals surface area contributed by atoms with Gasteiger partial charge in [-0.3, -0.25) is 4.79 Å². The molecule has 0 bridgehead atoms. The van der Waals surface area contributed by atoms with Gasteiger partial charge >= 0.3 is 0 Å². The predicted molar refractivity (Wildman–Crippen MR) is 93.5 cm³/mol. The SMILES string of the molecule is CCN1CC2(C(C#N)=C(N)Oc3c2oc(CO)cc3=O)c2ccccc21. The first-order valence-corrected chi connectivity index (χ1v) is 8.27. The number of para-hydroxylation sites is 1. The molecule has 1 aromatic heterocycles. The molecule has 0 amide bonds. The van der Waals surface area contributed by atoms with Crippen molar-refractivity contribution in [2.75, 3.05) is 18.0 Å². The van der Waals surface area contributed by atoms with Crippen LogP contribution in [0.1, 0.15) is 24.0 Å². The lowest BCUT2D eigenvalue weighted by Gasteiger charge is -2.34. The number of nitrogens with zero attached hydrogens (tertiary/aromatic N) is 2. The quantitative estimate of drug-likeness (QED) is 0.839. The maximum atomic E-state index is 12.5. The van der Waals surface area contributed by atoms with Crippen molar-refractivity contribution in [1.29, 1.82) is 5.26 Å². The van der Waals surface area contributed by atoms with E-state index < -0.39 is 17.5 Å². The van der Waals surface area contributed by atoms with Crippen LogP contribution in [0.25, 0.3) is 0 Å². The summed E-state index contributed by atoms with van der Waals surface area (Å²) < 4.78 is 11.3. The predicted octanol–water partition coefficient (Wildman–Crippen LogP) is 1.34. The van der Waals surface area contributed by atoms with Crippen molar-refractivity contribution in [3.8, 4) is 11.8 Å². The number of nitrogens with two attached hydrogens (primary N) is 1. The van der Waals surface area contributed by atoms with Crippen LogP contribution in [0.4, 0.5) is 5.69 Å². The molecule has 1 aromatic carbocycles. The highest BCUT2D eigenvalue weighted by molar-refractivity contribution is 5.72. The van der Waals surface area contributed by atoms with Gasteiger partial charge in [0.1, 0.15) is 29.4 Å². The van der Waals surface area contributed by atoms with Gasteiger partial charge in [0, 0.05) is 24.8 Å². The molecule has 0 saturated heterocycles. The normalized spacial score (nSPS) is 20.6. The van der Waals surface area contributed by atoms with Gasteiger partial charge in [0.2, 0.25) is 17.1 Å². The zero-order valence-corrected chi connectivity index (χ0v) is 14.2. The van der Waals surface area contributed by atoms with Gasteiger partial charge in [-0.25, -0.2) is 0 Å². The van der Waals surface area contributed by atoms with E-state index in [4.69, 9.17) is 14.9 Å². The Morgan fingerprint density at radius 2 is 2.19 bits per heavy atom. The Balaban J connectivity index is 2.13. The number of aliphatic hydroxyl groups excluding tert-OH is 1. The van der Waals surface area contributed by atoms with Gasteiger partial charge in [0.25, 0.3) is 0 Å². The number of aliphatic hydroxyl groups is 1. The fraction of sp³-hybridized carbons (Fsp3) is 0.263. The van der Waals surface area contributed by atoms with Crippen molar-refractivity contribution in [2.24, 2.45) is 5.73 Å². The molecule has 3 N–H and O–H groups in total. The van der Waals surface area contributed by atoms with Crippen LogP contribution < -0.4 is 20.8 Å². The highest BCUT2D eigenvalue weighted by atomic mass is 16.5. The minimum atomic E-state index is -1.05. The lowest BCUT2D eigenvalue weighted by Crippen LogP contribution is -2.42. The number of hydrogen-bond acceptors (Lipinski definition) is 7. The molecule has 7 nitrogen and oxygen atoms in total. The van der Waals surface area contributed by atoms with Crippen LogP contribution in [0, 0.1) is 11.3 Å². The molecule has 4 rings (SSSR count). The summed E-state index contributed by atoms with van der Waals surface area (Å²) in [5.74, 6) is 0.188. The molecule has 1 atom stereocenters. The zero-order valence-electron chi connectivity index (χ0n) is 14.2. The molecule has 1 spiro atoms. The third-order valence-corrected chi connectivity index (χ3v) is 5.01. The van der Waals surface area contributed by atoms with Gasteiger partial charge < -0.3 is 24.9 Å². The monoisotopic (exact) mass is 351 g/mol. The Morgan fingerprint density at radius 3 is 2.88 bits per heavy atom. The number of likely N-dealkylation sites (N-methyl/N-ethyl adjacent to an activating group) is 1. The molecule has 7 heteroatoms. The number of fused-ring (bicyclic) bond motifs is 4. The topological polar surface area (TPSA) is 113 Å². The van der Waals surface area contributed by atoms with E-state index in [1.807, 2.05) is 31.2 Å². The standard InChI is InChI=1S/C19H17N3O4/c1-2-22-10-19(12-5-3-4-6-14(12)22)13(8-20)18(21)26-16-15(24)7-11(9-23)25-17(16)19/h3-7,23H,2,9-10,21H2,1H3. The second-order valence-corrected chi connectivity index (χ2v) is 6.28. The second kappa shape index (κ2) is 5.64. The smallest absolute Gasteiger partial charge is 0.228 e. The summed E-state index contributed by atoms with van der Waals surface area (Å²) in [5.41, 5.74) is 6.50. The van der Waals surface area contributed by atoms with Gasteiger partial charge in [0.15, 0.2) is 5.76 Å². The van der Waals surface area contributed by atoms with E-state index >= 15 is 0 Å². The Hall–Kier alpha value is -3.24. The molecule has 26 heavy (non-hydrogen) atoms. The van der Waals surface area contributed by atoms with Crippen LogP contribution in [-0.2, 0) is 12.0 Å². The molecule has 0 fully saturated rings. The van der Waals surface area contributed by atoms with E-state index in [1.54, 1.807) is 0 Å². The first-order valence-electron chi connectivity index (χ1n) is 8.27. The molecule has 2 aliphatic rings. The number of hydrogen-bond donors (Lipinski definition) is 2. The fourth-order valence-corrected chi connectivity index (χ4v) is 3.88. The summed E-state index contributed by atoms with van der Waals surface area (Å²) in [6.45, 7) is 2.67. The third-order valence-electron chi connectivity index (χ3n) is 5.01. The summed E-state index contributed by atoms with van der Waals surface area (Å²) in [6.07, 6.45) is 0. The van der Waals surface area contributed by atoms with Gasteiger partial charge in [-0.05, 0) is 18.6 Å². The van der Waals surface area contributed by atoms with Crippen molar-refractivity contribution in [1.82, 2.24) is 0 Å². The summed E-state index contributed by atoms with van der Waals surface area (Å²) in [4.78, 5) is 14.6. The fourth-order valence-electron chi connectivity index (χ4n) is 3.88. The molecule has 3 heterocycles. The third kappa shape index (κ3) is 1.93. The van der Waals surface area contributed by atoms with E-state index in [2.05, 4.69) is 11.0 Å². The number of anilines is 1. The van der Waals surface area contributed by atoms with Crippen LogP contribution in [0.3, 0.4) is 0 Å². The molecule has 0 saturated carbocycles. The molecular formula is C19H17N3O4. The van der Waals surface area contributed by atoms with E-state index in [1.165, 1.54) is 6.07 Å². The first kappa shape index (κ1) is 16.2. The van der Waals surface area contributed by atoms with Crippen LogP contribution in [0.15, 0.2) is 51.0 Å². The molecule has 2 aliphatic heterocycles. The Labute approximate surface area is 149 Å². The molecule has 0 aliphatic carbocycles. The van der Waals surface area contributed by atoms with Gasteiger partial charge in [-0.2, -0.15) is 5.26 Å². The van der Waals surface area contributed by atoms with E-state index in [-0.39, 0.29) is 28.7 Å². The Kier molecular flexibility index (Phi) is 3.53. The van der Waals surface area contributed by atoms with Gasteiger partial charge in [-0.15, -0.1) is 0 Å². The Morgan fingerprint density at radius 1 is 1.42 bits per heavy atom. The average molecular weight is 351 g/mol. The number of nitriles is 1. The lowest BCUT2D eigenvalue weighted by molar-refractivity contribution is 0.224. The van der Waals surface area contributed by atoms with Crippen molar-refractivity contribution < 1.29 is 14.3 Å². The van der Waals surface area contributed by atoms with Crippen molar-refractivity contribution in [2.45, 2.75) is 18.9 Å².